The summed E-state index contributed by atoms with van der Waals surface area (Å²) in [4.78, 5) is 11.4. The summed E-state index contributed by atoms with van der Waals surface area (Å²) in [7, 11) is 0. The Kier molecular flexibility index (Phi) is 4.35. The fourth-order valence-electron chi connectivity index (χ4n) is 1.98. The number of esters is 1. The lowest BCUT2D eigenvalue weighted by Crippen LogP contribution is -2.37. The molecular weight excluding hydrogens is 182 g/mol. The van der Waals surface area contributed by atoms with E-state index in [0.29, 0.717) is 26.0 Å². The molecule has 1 unspecified atom stereocenters. The van der Waals surface area contributed by atoms with E-state index in [-0.39, 0.29) is 23.9 Å². The van der Waals surface area contributed by atoms with Gasteiger partial charge in [-0.1, -0.05) is 0 Å². The third-order valence-corrected chi connectivity index (χ3v) is 2.86. The Balaban J connectivity index is 2.45. The van der Waals surface area contributed by atoms with Crippen LogP contribution in [0.2, 0.25) is 0 Å². The molecule has 0 amide bonds. The van der Waals surface area contributed by atoms with Gasteiger partial charge < -0.3 is 15.6 Å². The van der Waals surface area contributed by atoms with Gasteiger partial charge in [-0.15, -0.1) is 0 Å². The summed E-state index contributed by atoms with van der Waals surface area (Å²) in [6, 6.07) is 0. The third kappa shape index (κ3) is 2.69. The Hall–Kier alpha value is -0.610. The lowest BCUT2D eigenvalue weighted by atomic mass is 9.79. The van der Waals surface area contributed by atoms with Crippen LogP contribution < -0.4 is 5.73 Å². The predicted octanol–water partition coefficient (Wildman–Crippen LogP) is 0.285. The number of carbonyl (C=O) groups is 1. The first-order valence-corrected chi connectivity index (χ1v) is 5.23. The lowest BCUT2D eigenvalue weighted by molar-refractivity contribution is -0.150. The molecule has 0 aromatic rings. The minimum atomic E-state index is -0.342. The zero-order valence-corrected chi connectivity index (χ0v) is 8.61. The first kappa shape index (κ1) is 11.5. The summed E-state index contributed by atoms with van der Waals surface area (Å²) in [5.41, 5.74) is 5.52. The van der Waals surface area contributed by atoms with E-state index in [0.717, 1.165) is 6.42 Å². The van der Waals surface area contributed by atoms with Gasteiger partial charge in [-0.25, -0.2) is 0 Å². The van der Waals surface area contributed by atoms with Gasteiger partial charge in [0, 0.05) is 0 Å². The molecule has 1 aliphatic carbocycles. The zero-order chi connectivity index (χ0) is 10.6. The molecule has 1 saturated carbocycles. The SMILES string of the molecule is CCOC(=O)C1CC[C@@H](O)[C@@H](CN)C1. The van der Waals surface area contributed by atoms with Crippen molar-refractivity contribution < 1.29 is 14.6 Å². The Labute approximate surface area is 84.4 Å². The van der Waals surface area contributed by atoms with Gasteiger partial charge in [-0.2, -0.15) is 0 Å². The number of aliphatic hydroxyl groups is 1. The molecule has 0 aromatic heterocycles. The number of ether oxygens (including phenoxy) is 1. The number of hydrogen-bond donors (Lipinski definition) is 2. The van der Waals surface area contributed by atoms with Gasteiger partial charge in [0.2, 0.25) is 0 Å². The summed E-state index contributed by atoms with van der Waals surface area (Å²) < 4.78 is 4.95. The van der Waals surface area contributed by atoms with Crippen molar-refractivity contribution in [3.63, 3.8) is 0 Å². The van der Waals surface area contributed by atoms with E-state index in [1.807, 2.05) is 0 Å². The predicted molar refractivity (Wildman–Crippen MR) is 52.5 cm³/mol. The summed E-state index contributed by atoms with van der Waals surface area (Å²) in [6.07, 6.45) is 1.70. The second-order valence-electron chi connectivity index (χ2n) is 3.83. The maximum absolute atomic E-state index is 11.4. The molecule has 1 fully saturated rings. The Bertz CT molecular complexity index is 196. The van der Waals surface area contributed by atoms with Crippen molar-refractivity contribution in [3.05, 3.63) is 0 Å². The molecule has 3 N–H and O–H groups in total. The Morgan fingerprint density at radius 3 is 2.86 bits per heavy atom. The van der Waals surface area contributed by atoms with E-state index in [2.05, 4.69) is 0 Å². The standard InChI is InChI=1S/C10H19NO3/c1-2-14-10(13)7-3-4-9(12)8(5-7)6-11/h7-9,12H,2-6,11H2,1H3/t7?,8-,9-/m1/s1. The molecule has 0 aliphatic heterocycles. The Morgan fingerprint density at radius 1 is 1.57 bits per heavy atom. The van der Waals surface area contributed by atoms with E-state index < -0.39 is 0 Å². The molecule has 4 heteroatoms. The lowest BCUT2D eigenvalue weighted by Gasteiger charge is -2.31. The van der Waals surface area contributed by atoms with Crippen LogP contribution in [0.4, 0.5) is 0 Å². The van der Waals surface area contributed by atoms with Crippen LogP contribution >= 0.6 is 0 Å². The maximum atomic E-state index is 11.4. The van der Waals surface area contributed by atoms with Crippen LogP contribution in [0.25, 0.3) is 0 Å². The van der Waals surface area contributed by atoms with Crippen molar-refractivity contribution in [2.24, 2.45) is 17.6 Å². The van der Waals surface area contributed by atoms with Crippen molar-refractivity contribution in [2.45, 2.75) is 32.3 Å². The van der Waals surface area contributed by atoms with Gasteiger partial charge in [0.15, 0.2) is 0 Å². The van der Waals surface area contributed by atoms with E-state index in [1.54, 1.807) is 6.92 Å². The average molecular weight is 201 g/mol. The molecule has 1 aliphatic rings. The monoisotopic (exact) mass is 201 g/mol. The Morgan fingerprint density at radius 2 is 2.29 bits per heavy atom. The van der Waals surface area contributed by atoms with E-state index >= 15 is 0 Å². The minimum Gasteiger partial charge on any atom is -0.466 e. The largest absolute Gasteiger partial charge is 0.466 e. The second-order valence-corrected chi connectivity index (χ2v) is 3.83. The van der Waals surface area contributed by atoms with Gasteiger partial charge >= 0.3 is 5.97 Å². The molecule has 0 bridgehead atoms. The van der Waals surface area contributed by atoms with E-state index in [1.165, 1.54) is 0 Å². The van der Waals surface area contributed by atoms with Crippen LogP contribution in [0.5, 0.6) is 0 Å². The summed E-state index contributed by atoms with van der Waals surface area (Å²) in [5, 5.41) is 9.57. The van der Waals surface area contributed by atoms with Crippen LogP contribution in [0.3, 0.4) is 0 Å². The van der Waals surface area contributed by atoms with Crippen LogP contribution in [0.15, 0.2) is 0 Å². The highest BCUT2D eigenvalue weighted by Gasteiger charge is 2.32. The van der Waals surface area contributed by atoms with Crippen LogP contribution in [-0.2, 0) is 9.53 Å². The van der Waals surface area contributed by atoms with Crippen LogP contribution in [0, 0.1) is 11.8 Å². The first-order chi connectivity index (χ1) is 6.69. The average Bonchev–Trinajstić information content (AvgIpc) is 2.19. The maximum Gasteiger partial charge on any atom is 0.308 e. The molecule has 0 aromatic carbocycles. The van der Waals surface area contributed by atoms with Gasteiger partial charge in [-0.3, -0.25) is 4.79 Å². The molecule has 82 valence electrons. The highest BCUT2D eigenvalue weighted by molar-refractivity contribution is 5.72. The molecule has 0 saturated heterocycles. The van der Waals surface area contributed by atoms with Gasteiger partial charge in [0.25, 0.3) is 0 Å². The molecular formula is C10H19NO3. The van der Waals surface area contributed by atoms with Crippen molar-refractivity contribution in [2.75, 3.05) is 13.2 Å². The molecule has 4 nitrogen and oxygen atoms in total. The van der Waals surface area contributed by atoms with E-state index in [4.69, 9.17) is 10.5 Å². The topological polar surface area (TPSA) is 72.5 Å². The fourth-order valence-corrected chi connectivity index (χ4v) is 1.98. The first-order valence-electron chi connectivity index (χ1n) is 5.23. The number of aliphatic hydroxyl groups excluding tert-OH is 1. The molecule has 1 rings (SSSR count). The highest BCUT2D eigenvalue weighted by Crippen LogP contribution is 2.29. The fraction of sp³-hybridized carbons (Fsp3) is 0.900. The molecule has 0 spiro atoms. The second kappa shape index (κ2) is 5.32. The number of nitrogens with two attached hydrogens (primary N) is 1. The number of carbonyl (C=O) groups excluding carboxylic acids is 1. The molecule has 3 atom stereocenters. The number of rotatable bonds is 3. The number of hydrogen-bond acceptors (Lipinski definition) is 4. The van der Waals surface area contributed by atoms with Crippen molar-refractivity contribution in [1.82, 2.24) is 0 Å². The van der Waals surface area contributed by atoms with Crippen molar-refractivity contribution >= 4 is 5.97 Å². The smallest absolute Gasteiger partial charge is 0.308 e. The zero-order valence-electron chi connectivity index (χ0n) is 8.61. The quantitative estimate of drug-likeness (QED) is 0.643. The summed E-state index contributed by atoms with van der Waals surface area (Å²) in [6.45, 7) is 2.66. The normalized spacial score (nSPS) is 32.6. The molecule has 14 heavy (non-hydrogen) atoms. The van der Waals surface area contributed by atoms with E-state index in [9.17, 15) is 9.90 Å². The third-order valence-electron chi connectivity index (χ3n) is 2.86. The van der Waals surface area contributed by atoms with Crippen molar-refractivity contribution in [1.29, 1.82) is 0 Å². The molecule has 0 radical (unpaired) electrons. The summed E-state index contributed by atoms with van der Waals surface area (Å²) >= 11 is 0. The van der Waals surface area contributed by atoms with Gasteiger partial charge in [0.05, 0.1) is 18.6 Å². The summed E-state index contributed by atoms with van der Waals surface area (Å²) in [5.74, 6) is -0.150. The molecule has 0 heterocycles. The minimum absolute atomic E-state index is 0.0538. The van der Waals surface area contributed by atoms with Gasteiger partial charge in [0.1, 0.15) is 0 Å². The van der Waals surface area contributed by atoms with Gasteiger partial charge in [-0.05, 0) is 38.6 Å². The van der Waals surface area contributed by atoms with Crippen LogP contribution in [-0.4, -0.2) is 30.3 Å². The highest BCUT2D eigenvalue weighted by atomic mass is 16.5. The van der Waals surface area contributed by atoms with Crippen LogP contribution in [0.1, 0.15) is 26.2 Å². The van der Waals surface area contributed by atoms with Crippen molar-refractivity contribution in [3.8, 4) is 0 Å².